The van der Waals surface area contributed by atoms with Gasteiger partial charge in [-0.3, -0.25) is 0 Å². The summed E-state index contributed by atoms with van der Waals surface area (Å²) in [6, 6.07) is 7.93. The second-order valence-electron chi connectivity index (χ2n) is 5.67. The molecule has 0 aliphatic carbocycles. The van der Waals surface area contributed by atoms with Crippen LogP contribution in [-0.2, 0) is 6.42 Å². The Balaban J connectivity index is 1.89. The zero-order valence-electron chi connectivity index (χ0n) is 13.2. The van der Waals surface area contributed by atoms with E-state index in [1.165, 1.54) is 5.56 Å². The molecule has 0 atom stereocenters. The van der Waals surface area contributed by atoms with E-state index in [4.69, 9.17) is 4.74 Å². The fraction of sp³-hybridized carbons (Fsp3) is 0.471. The van der Waals surface area contributed by atoms with Crippen LogP contribution in [0.4, 0.5) is 0 Å². The number of aromatic nitrogens is 2. The molecule has 1 aromatic heterocycles. The number of hydrogen-bond donors (Lipinski definition) is 1. The van der Waals surface area contributed by atoms with Crippen LogP contribution in [0, 0.1) is 5.92 Å². The lowest BCUT2D eigenvalue weighted by Gasteiger charge is -2.07. The number of ether oxygens (including phenoxy) is 1. The zero-order chi connectivity index (χ0) is 15.1. The minimum absolute atomic E-state index is 0.707. The number of nitrogens with zero attached hydrogens (tertiary/aromatic N) is 2. The first-order valence-corrected chi connectivity index (χ1v) is 7.58. The summed E-state index contributed by atoms with van der Waals surface area (Å²) in [6.45, 7) is 6.59. The third-order valence-electron chi connectivity index (χ3n) is 3.34. The van der Waals surface area contributed by atoms with Crippen LogP contribution < -0.4 is 10.1 Å². The van der Waals surface area contributed by atoms with Crippen LogP contribution in [0.1, 0.15) is 25.8 Å². The van der Waals surface area contributed by atoms with Crippen molar-refractivity contribution in [3.05, 3.63) is 42.2 Å². The van der Waals surface area contributed by atoms with Gasteiger partial charge in [-0.25, -0.2) is 4.68 Å². The Bertz CT molecular complexity index is 548. The largest absolute Gasteiger partial charge is 0.494 e. The van der Waals surface area contributed by atoms with Crippen LogP contribution in [0.3, 0.4) is 0 Å². The molecule has 0 aliphatic rings. The highest BCUT2D eigenvalue weighted by Crippen LogP contribution is 2.21. The van der Waals surface area contributed by atoms with Crippen LogP contribution in [-0.4, -0.2) is 30.0 Å². The van der Waals surface area contributed by atoms with E-state index in [0.29, 0.717) is 5.92 Å². The Kier molecular flexibility index (Phi) is 5.81. The number of methoxy groups -OCH3 is 1. The van der Waals surface area contributed by atoms with E-state index >= 15 is 0 Å². The maximum atomic E-state index is 5.37. The van der Waals surface area contributed by atoms with Crippen molar-refractivity contribution in [2.24, 2.45) is 5.92 Å². The molecule has 0 radical (unpaired) electrons. The summed E-state index contributed by atoms with van der Waals surface area (Å²) in [5.74, 6) is 1.55. The highest BCUT2D eigenvalue weighted by Gasteiger charge is 2.06. The zero-order valence-corrected chi connectivity index (χ0v) is 13.2. The van der Waals surface area contributed by atoms with Gasteiger partial charge in [0.05, 0.1) is 13.3 Å². The third-order valence-corrected chi connectivity index (χ3v) is 3.34. The normalized spacial score (nSPS) is 11.0. The van der Waals surface area contributed by atoms with Gasteiger partial charge in [0.2, 0.25) is 0 Å². The molecule has 1 heterocycles. The highest BCUT2D eigenvalue weighted by molar-refractivity contribution is 5.46. The van der Waals surface area contributed by atoms with E-state index in [1.807, 2.05) is 35.1 Å². The second-order valence-corrected chi connectivity index (χ2v) is 5.67. The fourth-order valence-corrected chi connectivity index (χ4v) is 2.25. The average molecular weight is 287 g/mol. The van der Waals surface area contributed by atoms with Gasteiger partial charge in [-0.05, 0) is 49.5 Å². The molecule has 0 saturated heterocycles. The number of benzene rings is 1. The molecule has 4 nitrogen and oxygen atoms in total. The quantitative estimate of drug-likeness (QED) is 0.758. The lowest BCUT2D eigenvalue weighted by molar-refractivity contribution is 0.411. The van der Waals surface area contributed by atoms with Gasteiger partial charge in [-0.15, -0.1) is 0 Å². The smallest absolute Gasteiger partial charge is 0.144 e. The average Bonchev–Trinajstić information content (AvgIpc) is 2.95. The van der Waals surface area contributed by atoms with E-state index < -0.39 is 0 Å². The van der Waals surface area contributed by atoms with Crippen molar-refractivity contribution in [1.29, 1.82) is 0 Å². The first-order chi connectivity index (χ1) is 10.2. The molecule has 2 aromatic rings. The molecule has 0 bridgehead atoms. The van der Waals surface area contributed by atoms with Gasteiger partial charge in [0, 0.05) is 6.20 Å². The van der Waals surface area contributed by atoms with Crippen molar-refractivity contribution in [3.63, 3.8) is 0 Å². The van der Waals surface area contributed by atoms with E-state index in [2.05, 4.69) is 30.5 Å². The van der Waals surface area contributed by atoms with Crippen LogP contribution in [0.5, 0.6) is 5.75 Å². The van der Waals surface area contributed by atoms with Crippen LogP contribution in [0.25, 0.3) is 5.69 Å². The molecule has 21 heavy (non-hydrogen) atoms. The monoisotopic (exact) mass is 287 g/mol. The van der Waals surface area contributed by atoms with Crippen LogP contribution >= 0.6 is 0 Å². The van der Waals surface area contributed by atoms with Crippen LogP contribution in [0.2, 0.25) is 0 Å². The van der Waals surface area contributed by atoms with Gasteiger partial charge < -0.3 is 10.1 Å². The molecular formula is C17H25N3O. The number of para-hydroxylation sites is 2. The summed E-state index contributed by atoms with van der Waals surface area (Å²) in [7, 11) is 1.68. The topological polar surface area (TPSA) is 39.1 Å². The van der Waals surface area contributed by atoms with Crippen molar-refractivity contribution in [2.75, 3.05) is 20.2 Å². The maximum Gasteiger partial charge on any atom is 0.144 e. The number of hydrogen-bond acceptors (Lipinski definition) is 3. The van der Waals surface area contributed by atoms with E-state index in [-0.39, 0.29) is 0 Å². The van der Waals surface area contributed by atoms with Gasteiger partial charge in [0.1, 0.15) is 11.4 Å². The van der Waals surface area contributed by atoms with E-state index in [9.17, 15) is 0 Å². The molecule has 0 amide bonds. The summed E-state index contributed by atoms with van der Waals surface area (Å²) in [5.41, 5.74) is 2.23. The predicted molar refractivity (Wildman–Crippen MR) is 86.1 cm³/mol. The molecule has 1 N–H and O–H groups in total. The Labute approximate surface area is 127 Å². The van der Waals surface area contributed by atoms with Gasteiger partial charge in [-0.2, -0.15) is 5.10 Å². The molecule has 0 aliphatic heterocycles. The standard InChI is InChI=1S/C17H25N3O/c1-14(2)11-18-10-6-7-15-12-19-20(13-15)16-8-4-5-9-17(16)21-3/h4-5,8-9,12-14,18H,6-7,10-11H2,1-3H3. The Morgan fingerprint density at radius 2 is 2.10 bits per heavy atom. The SMILES string of the molecule is COc1ccccc1-n1cc(CCCNCC(C)C)cn1. The van der Waals surface area contributed by atoms with Gasteiger partial charge >= 0.3 is 0 Å². The maximum absolute atomic E-state index is 5.37. The molecule has 2 rings (SSSR count). The van der Waals surface area contributed by atoms with Gasteiger partial charge in [-0.1, -0.05) is 26.0 Å². The number of nitrogens with one attached hydrogen (secondary N) is 1. The van der Waals surface area contributed by atoms with Crippen molar-refractivity contribution >= 4 is 0 Å². The highest BCUT2D eigenvalue weighted by atomic mass is 16.5. The fourth-order valence-electron chi connectivity index (χ4n) is 2.25. The van der Waals surface area contributed by atoms with Crippen molar-refractivity contribution in [3.8, 4) is 11.4 Å². The van der Waals surface area contributed by atoms with Crippen molar-refractivity contribution in [1.82, 2.24) is 15.1 Å². The van der Waals surface area contributed by atoms with Crippen LogP contribution in [0.15, 0.2) is 36.7 Å². The van der Waals surface area contributed by atoms with E-state index in [0.717, 1.165) is 37.4 Å². The minimum Gasteiger partial charge on any atom is -0.494 e. The third kappa shape index (κ3) is 4.60. The summed E-state index contributed by atoms with van der Waals surface area (Å²) >= 11 is 0. The molecule has 114 valence electrons. The summed E-state index contributed by atoms with van der Waals surface area (Å²) < 4.78 is 7.26. The van der Waals surface area contributed by atoms with E-state index in [1.54, 1.807) is 7.11 Å². The Hall–Kier alpha value is -1.81. The predicted octanol–water partition coefficient (Wildman–Crippen LogP) is 3.06. The Morgan fingerprint density at radius 3 is 2.86 bits per heavy atom. The Morgan fingerprint density at radius 1 is 1.29 bits per heavy atom. The second kappa shape index (κ2) is 7.84. The van der Waals surface area contributed by atoms with Crippen molar-refractivity contribution < 1.29 is 4.74 Å². The number of aryl methyl sites for hydroxylation is 1. The lowest BCUT2D eigenvalue weighted by atomic mass is 10.2. The molecule has 0 fully saturated rings. The summed E-state index contributed by atoms with van der Waals surface area (Å²) in [4.78, 5) is 0. The first-order valence-electron chi connectivity index (χ1n) is 7.58. The molecule has 1 aromatic carbocycles. The molecular weight excluding hydrogens is 262 g/mol. The molecule has 4 heteroatoms. The van der Waals surface area contributed by atoms with Gasteiger partial charge in [0.25, 0.3) is 0 Å². The van der Waals surface area contributed by atoms with Gasteiger partial charge in [0.15, 0.2) is 0 Å². The summed E-state index contributed by atoms with van der Waals surface area (Å²) in [6.07, 6.45) is 6.19. The van der Waals surface area contributed by atoms with Crippen molar-refractivity contribution in [2.45, 2.75) is 26.7 Å². The molecule has 0 saturated carbocycles. The summed E-state index contributed by atoms with van der Waals surface area (Å²) in [5, 5.41) is 7.90. The first kappa shape index (κ1) is 15.6. The number of rotatable bonds is 8. The lowest BCUT2D eigenvalue weighted by Crippen LogP contribution is -2.20. The molecule has 0 spiro atoms. The molecule has 0 unspecified atom stereocenters. The minimum atomic E-state index is 0.707.